The van der Waals surface area contributed by atoms with Crippen LogP contribution in [0.2, 0.25) is 0 Å². The molecule has 0 aliphatic rings. The number of unbranched alkanes of at least 4 members (excludes halogenated alkanes) is 14. The first-order valence-corrected chi connectivity index (χ1v) is 23.3. The number of pyridine rings is 1. The lowest BCUT2D eigenvalue weighted by molar-refractivity contribution is 0.304. The molecule has 4 aromatic heterocycles. The van der Waals surface area contributed by atoms with Crippen LogP contribution in [0.5, 0.6) is 23.0 Å². The molecule has 2 aromatic carbocycles. The number of aromatic nitrogens is 3. The standard InChI is InChI=1S/C49H61N3O4S2/c1-5-7-9-11-13-15-17-19-29-55-38-25-21-36(22-26-38)45-46(37-23-27-39(28-24-37)56-30-20-18-16-14-12-10-8-6-2)52-49-47(51-45)42(43-31-40(53-3)34-57-43)33-50-48(49)44-32-41(54-4)35-58-44/h21-28,31-35H,5-20,29-30H2,1-4H3. The van der Waals surface area contributed by atoms with Crippen LogP contribution in [-0.4, -0.2) is 42.4 Å². The summed E-state index contributed by atoms with van der Waals surface area (Å²) in [6.45, 7) is 5.98. The molecule has 0 aliphatic heterocycles. The molecule has 6 aromatic rings. The summed E-state index contributed by atoms with van der Waals surface area (Å²) in [5, 5.41) is 4.00. The molecule has 0 amide bonds. The SMILES string of the molecule is CCCCCCCCCCOc1ccc(-c2nc3c(-c4cc(OC)cs4)cnc(-c4cc(OC)cs4)c3nc2-c2ccc(OCCCCCCCCCC)cc2)cc1. The minimum atomic E-state index is 0.721. The van der Waals surface area contributed by atoms with E-state index < -0.39 is 0 Å². The van der Waals surface area contributed by atoms with Gasteiger partial charge in [-0.05, 0) is 67.4 Å². The van der Waals surface area contributed by atoms with Crippen molar-refractivity contribution in [3.05, 3.63) is 77.6 Å². The van der Waals surface area contributed by atoms with Crippen molar-refractivity contribution in [2.75, 3.05) is 27.4 Å². The van der Waals surface area contributed by atoms with Gasteiger partial charge in [0.05, 0.1) is 43.7 Å². The number of ether oxygens (including phenoxy) is 4. The third-order valence-electron chi connectivity index (χ3n) is 10.6. The average molecular weight is 820 g/mol. The van der Waals surface area contributed by atoms with Crippen molar-refractivity contribution in [1.82, 2.24) is 15.0 Å². The summed E-state index contributed by atoms with van der Waals surface area (Å²) in [5.74, 6) is 3.32. The second-order valence-corrected chi connectivity index (χ2v) is 16.9. The molecule has 0 N–H and O–H groups in total. The topological polar surface area (TPSA) is 75.6 Å². The fraction of sp³-hybridized carbons (Fsp3) is 0.449. The van der Waals surface area contributed by atoms with Gasteiger partial charge in [0, 0.05) is 44.6 Å². The lowest BCUT2D eigenvalue weighted by atomic mass is 10.0. The number of nitrogens with zero attached hydrogens (tertiary/aromatic N) is 3. The molecule has 308 valence electrons. The van der Waals surface area contributed by atoms with Gasteiger partial charge < -0.3 is 18.9 Å². The van der Waals surface area contributed by atoms with Crippen molar-refractivity contribution in [2.45, 2.75) is 117 Å². The molecular formula is C49H61N3O4S2. The highest BCUT2D eigenvalue weighted by Gasteiger charge is 2.22. The molecule has 0 aliphatic carbocycles. The molecule has 0 spiro atoms. The molecule has 0 fully saturated rings. The van der Waals surface area contributed by atoms with E-state index >= 15 is 0 Å². The van der Waals surface area contributed by atoms with E-state index in [1.54, 1.807) is 36.9 Å². The molecule has 9 heteroatoms. The smallest absolute Gasteiger partial charge is 0.130 e. The van der Waals surface area contributed by atoms with Crippen LogP contribution in [0.25, 0.3) is 54.6 Å². The van der Waals surface area contributed by atoms with Crippen LogP contribution in [0, 0.1) is 0 Å². The maximum atomic E-state index is 6.20. The normalized spacial score (nSPS) is 11.3. The van der Waals surface area contributed by atoms with Crippen LogP contribution in [0.15, 0.2) is 77.6 Å². The maximum Gasteiger partial charge on any atom is 0.130 e. The number of rotatable bonds is 26. The summed E-state index contributed by atoms with van der Waals surface area (Å²) in [4.78, 5) is 17.9. The van der Waals surface area contributed by atoms with Crippen LogP contribution in [0.3, 0.4) is 0 Å². The van der Waals surface area contributed by atoms with E-state index in [0.717, 1.165) is 104 Å². The third-order valence-corrected chi connectivity index (χ3v) is 12.5. The van der Waals surface area contributed by atoms with Crippen LogP contribution < -0.4 is 18.9 Å². The van der Waals surface area contributed by atoms with Crippen molar-refractivity contribution < 1.29 is 18.9 Å². The molecule has 58 heavy (non-hydrogen) atoms. The zero-order valence-electron chi connectivity index (χ0n) is 35.0. The largest absolute Gasteiger partial charge is 0.496 e. The second-order valence-electron chi connectivity index (χ2n) is 15.0. The summed E-state index contributed by atoms with van der Waals surface area (Å²) in [6.07, 6.45) is 22.3. The fourth-order valence-electron chi connectivity index (χ4n) is 7.19. The van der Waals surface area contributed by atoms with Gasteiger partial charge in [0.2, 0.25) is 0 Å². The van der Waals surface area contributed by atoms with Crippen molar-refractivity contribution in [3.8, 4) is 66.5 Å². The summed E-state index contributed by atoms with van der Waals surface area (Å²) < 4.78 is 23.5. The number of hydrogen-bond acceptors (Lipinski definition) is 9. The number of fused-ring (bicyclic) bond motifs is 1. The van der Waals surface area contributed by atoms with Crippen LogP contribution in [-0.2, 0) is 0 Å². The van der Waals surface area contributed by atoms with E-state index in [1.807, 2.05) is 29.1 Å². The summed E-state index contributed by atoms with van der Waals surface area (Å²) in [6, 6.07) is 20.7. The second kappa shape index (κ2) is 23.2. The van der Waals surface area contributed by atoms with Crippen LogP contribution >= 0.6 is 22.7 Å². The number of thiophene rings is 2. The number of benzene rings is 2. The summed E-state index contributed by atoms with van der Waals surface area (Å²) in [5.41, 5.74) is 6.68. The molecule has 7 nitrogen and oxygen atoms in total. The Kier molecular flexibility index (Phi) is 17.3. The van der Waals surface area contributed by atoms with E-state index in [2.05, 4.69) is 62.4 Å². The molecule has 0 unspecified atom stereocenters. The predicted octanol–water partition coefficient (Wildman–Crippen LogP) is 14.9. The molecule has 0 saturated carbocycles. The quantitative estimate of drug-likeness (QED) is 0.0505. The van der Waals surface area contributed by atoms with Crippen LogP contribution in [0.1, 0.15) is 117 Å². The van der Waals surface area contributed by atoms with Gasteiger partial charge in [-0.1, -0.05) is 104 Å². The lowest BCUT2D eigenvalue weighted by Crippen LogP contribution is -2.01. The van der Waals surface area contributed by atoms with Crippen molar-refractivity contribution >= 4 is 33.7 Å². The Morgan fingerprint density at radius 1 is 0.466 bits per heavy atom. The first-order chi connectivity index (χ1) is 28.6. The molecular weight excluding hydrogens is 759 g/mol. The molecule has 0 radical (unpaired) electrons. The predicted molar refractivity (Wildman–Crippen MR) is 244 cm³/mol. The van der Waals surface area contributed by atoms with E-state index in [-0.39, 0.29) is 0 Å². The highest BCUT2D eigenvalue weighted by Crippen LogP contribution is 2.42. The third kappa shape index (κ3) is 12.0. The molecule has 0 bridgehead atoms. The molecule has 6 rings (SSSR count). The fourth-order valence-corrected chi connectivity index (χ4v) is 8.91. The van der Waals surface area contributed by atoms with Crippen molar-refractivity contribution in [3.63, 3.8) is 0 Å². The maximum absolute atomic E-state index is 6.20. The summed E-state index contributed by atoms with van der Waals surface area (Å²) >= 11 is 3.19. The highest BCUT2D eigenvalue weighted by molar-refractivity contribution is 7.14. The Morgan fingerprint density at radius 3 is 1.36 bits per heavy atom. The monoisotopic (exact) mass is 819 g/mol. The van der Waals surface area contributed by atoms with Crippen LogP contribution in [0.4, 0.5) is 0 Å². The minimum absolute atomic E-state index is 0.721. The number of methoxy groups -OCH3 is 2. The van der Waals surface area contributed by atoms with Gasteiger partial charge in [-0.15, -0.1) is 22.7 Å². The van der Waals surface area contributed by atoms with Gasteiger partial charge in [-0.3, -0.25) is 4.98 Å². The van der Waals surface area contributed by atoms with E-state index in [0.29, 0.717) is 0 Å². The average Bonchev–Trinajstić information content (AvgIpc) is 3.95. The Hall–Kier alpha value is -4.47. The highest BCUT2D eigenvalue weighted by atomic mass is 32.1. The van der Waals surface area contributed by atoms with Gasteiger partial charge >= 0.3 is 0 Å². The van der Waals surface area contributed by atoms with Gasteiger partial charge in [0.25, 0.3) is 0 Å². The molecule has 4 heterocycles. The molecule has 0 saturated heterocycles. The van der Waals surface area contributed by atoms with Crippen molar-refractivity contribution in [1.29, 1.82) is 0 Å². The minimum Gasteiger partial charge on any atom is -0.496 e. The Labute approximate surface area is 354 Å². The van der Waals surface area contributed by atoms with E-state index in [1.165, 1.54) is 89.9 Å². The molecule has 0 atom stereocenters. The van der Waals surface area contributed by atoms with E-state index in [9.17, 15) is 0 Å². The lowest BCUT2D eigenvalue weighted by Gasteiger charge is -2.15. The Morgan fingerprint density at radius 2 is 0.897 bits per heavy atom. The van der Waals surface area contributed by atoms with Gasteiger partial charge in [0.15, 0.2) is 0 Å². The Balaban J connectivity index is 1.28. The number of hydrogen-bond donors (Lipinski definition) is 0. The Bertz CT molecular complexity index is 1960. The van der Waals surface area contributed by atoms with E-state index in [4.69, 9.17) is 33.9 Å². The summed E-state index contributed by atoms with van der Waals surface area (Å²) in [7, 11) is 3.38. The first kappa shape index (κ1) is 43.1. The van der Waals surface area contributed by atoms with Crippen molar-refractivity contribution in [2.24, 2.45) is 0 Å². The van der Waals surface area contributed by atoms with Gasteiger partial charge in [-0.25, -0.2) is 9.97 Å². The zero-order valence-corrected chi connectivity index (χ0v) is 36.7. The van der Waals surface area contributed by atoms with Gasteiger partial charge in [0.1, 0.15) is 39.7 Å². The zero-order chi connectivity index (χ0) is 40.4. The van der Waals surface area contributed by atoms with Gasteiger partial charge in [-0.2, -0.15) is 0 Å². The first-order valence-electron chi connectivity index (χ1n) is 21.5.